The fraction of sp³-hybridized carbons (Fsp3) is 0.600. The Bertz CT molecular complexity index is 388. The minimum atomic E-state index is -1.50. The summed E-state index contributed by atoms with van der Waals surface area (Å²) in [5.74, 6) is -5.11. The van der Waals surface area contributed by atoms with E-state index in [1.807, 2.05) is 0 Å². The maximum Gasteiger partial charge on any atom is 0.355 e. The van der Waals surface area contributed by atoms with E-state index in [4.69, 9.17) is 15.5 Å². The number of carboxylic acids is 3. The zero-order valence-corrected chi connectivity index (χ0v) is 14.6. The number of carbonyl (C=O) groups is 4. The van der Waals surface area contributed by atoms with Crippen molar-refractivity contribution in [2.24, 2.45) is 0 Å². The molecule has 0 radical (unpaired) electrons. The number of nitrogens with zero attached hydrogens (tertiary/aromatic N) is 2. The molecule has 0 bridgehead atoms. The van der Waals surface area contributed by atoms with Gasteiger partial charge in [0.15, 0.2) is 0 Å². The molecule has 0 fully saturated rings. The van der Waals surface area contributed by atoms with Crippen LogP contribution in [0.15, 0.2) is 0 Å². The van der Waals surface area contributed by atoms with Crippen LogP contribution in [0.3, 0.4) is 0 Å². The topological polar surface area (TPSA) is 168 Å². The zero-order chi connectivity index (χ0) is 16.4. The molecule has 0 heterocycles. The predicted molar refractivity (Wildman–Crippen MR) is 61.9 cm³/mol. The molecule has 0 aromatic rings. The number of hydrogen-bond donors (Lipinski definition) is 3. The van der Waals surface area contributed by atoms with Crippen molar-refractivity contribution in [1.82, 2.24) is 9.80 Å². The fourth-order valence-corrected chi connectivity index (χ4v) is 1.49. The van der Waals surface area contributed by atoms with E-state index in [-0.39, 0.29) is 54.8 Å². The van der Waals surface area contributed by atoms with Crippen molar-refractivity contribution in [2.45, 2.75) is 0 Å². The monoisotopic (exact) mass is 447 g/mol. The molecule has 0 rings (SSSR count). The third kappa shape index (κ3) is 12.8. The van der Waals surface area contributed by atoms with Crippen molar-refractivity contribution in [3.8, 4) is 0 Å². The minimum absolute atomic E-state index is 0. The molecule has 0 aliphatic carbocycles. The second-order valence-electron chi connectivity index (χ2n) is 4.04. The summed E-state index contributed by atoms with van der Waals surface area (Å²) in [6, 6.07) is 0. The Balaban J connectivity index is 0. The van der Waals surface area contributed by atoms with E-state index < -0.39 is 50.1 Å². The Kier molecular flexibility index (Phi) is 13.5. The Morgan fingerprint density at radius 3 is 1.59 bits per heavy atom. The number of carbonyl (C=O) groups excluding carboxylic acids is 2. The number of aliphatic carboxylic acids is 3. The van der Waals surface area contributed by atoms with Crippen molar-refractivity contribution in [3.05, 3.63) is 0 Å². The van der Waals surface area contributed by atoms with Gasteiger partial charge in [-0.15, -0.1) is 0 Å². The van der Waals surface area contributed by atoms with E-state index in [9.17, 15) is 24.3 Å². The van der Waals surface area contributed by atoms with Gasteiger partial charge in [-0.3, -0.25) is 24.3 Å². The predicted octanol–water partition coefficient (Wildman–Crippen LogP) is -3.47. The van der Waals surface area contributed by atoms with Gasteiger partial charge in [0, 0.05) is 61.4 Å². The molecule has 0 amide bonds. The van der Waals surface area contributed by atoms with E-state index in [2.05, 4.69) is 4.89 Å². The SMILES string of the molecule is O=C([O-])CN(CCN(CC(=O)O)CC(=O)O)CC(=O)OO.[Ce]. The molecule has 11 nitrogen and oxygen atoms in total. The van der Waals surface area contributed by atoms with Gasteiger partial charge < -0.3 is 20.1 Å². The van der Waals surface area contributed by atoms with Gasteiger partial charge in [0.2, 0.25) is 0 Å². The maximum atomic E-state index is 10.9. The average molecular weight is 447 g/mol. The molecule has 0 aromatic heterocycles. The summed E-state index contributed by atoms with van der Waals surface area (Å²) in [6.07, 6.45) is 0. The first-order valence-corrected chi connectivity index (χ1v) is 5.67. The van der Waals surface area contributed by atoms with E-state index in [0.29, 0.717) is 0 Å². The minimum Gasteiger partial charge on any atom is -0.549 e. The summed E-state index contributed by atoms with van der Waals surface area (Å²) in [4.78, 5) is 48.0. The molecule has 22 heavy (non-hydrogen) atoms. The molecule has 0 spiro atoms. The Labute approximate surface area is 158 Å². The van der Waals surface area contributed by atoms with Gasteiger partial charge in [-0.25, -0.2) is 4.79 Å². The summed E-state index contributed by atoms with van der Waals surface area (Å²) in [5, 5.41) is 35.9. The van der Waals surface area contributed by atoms with Crippen molar-refractivity contribution in [3.63, 3.8) is 0 Å². The molecule has 124 valence electrons. The molecule has 0 atom stereocenters. The van der Waals surface area contributed by atoms with Crippen LogP contribution in [0.5, 0.6) is 0 Å². The normalized spacial score (nSPS) is 10.1. The van der Waals surface area contributed by atoms with Gasteiger partial charge in [-0.1, -0.05) is 0 Å². The summed E-state index contributed by atoms with van der Waals surface area (Å²) in [5.41, 5.74) is 0. The molecular weight excluding hydrogens is 432 g/mol. The van der Waals surface area contributed by atoms with Gasteiger partial charge in [0.1, 0.15) is 6.54 Å². The van der Waals surface area contributed by atoms with Crippen LogP contribution in [-0.2, 0) is 24.1 Å². The van der Waals surface area contributed by atoms with Crippen molar-refractivity contribution in [2.75, 3.05) is 39.3 Å². The number of carboxylic acid groups (broad SMARTS) is 3. The summed E-state index contributed by atoms with van der Waals surface area (Å²) in [7, 11) is 0. The second kappa shape index (κ2) is 12.7. The van der Waals surface area contributed by atoms with Crippen LogP contribution >= 0.6 is 0 Å². The van der Waals surface area contributed by atoms with Crippen molar-refractivity contribution in [1.29, 1.82) is 0 Å². The standard InChI is InChI=1S/C10H16N2O9.Ce/c13-7(14)3-11(4-8(15)16)1-2-12(5-9(17)18)6-10(19)21-20;/h20H,1-6H2,(H,13,14)(H,15,16)(H,17,18);/p-1. The Morgan fingerprint density at radius 1 is 0.864 bits per heavy atom. The molecule has 0 aromatic carbocycles. The second-order valence-corrected chi connectivity index (χ2v) is 4.04. The van der Waals surface area contributed by atoms with E-state index >= 15 is 0 Å². The molecule has 0 saturated carbocycles. The molecule has 0 unspecified atom stereocenters. The Morgan fingerprint density at radius 2 is 1.27 bits per heavy atom. The van der Waals surface area contributed by atoms with Gasteiger partial charge in [-0.2, -0.15) is 5.26 Å². The first-order chi connectivity index (χ1) is 9.74. The molecule has 0 aliphatic heterocycles. The van der Waals surface area contributed by atoms with Crippen molar-refractivity contribution >= 4 is 23.9 Å². The smallest absolute Gasteiger partial charge is 0.355 e. The first-order valence-electron chi connectivity index (χ1n) is 5.67. The largest absolute Gasteiger partial charge is 0.549 e. The number of rotatable bonds is 11. The van der Waals surface area contributed by atoms with Gasteiger partial charge >= 0.3 is 17.9 Å². The fourth-order valence-electron chi connectivity index (χ4n) is 1.49. The molecule has 12 heteroatoms. The third-order valence-electron chi connectivity index (χ3n) is 2.26. The quantitative estimate of drug-likeness (QED) is 0.213. The third-order valence-corrected chi connectivity index (χ3v) is 2.26. The maximum absolute atomic E-state index is 10.9. The zero-order valence-electron chi connectivity index (χ0n) is 11.4. The molecule has 0 saturated heterocycles. The average Bonchev–Trinajstić information content (AvgIpc) is 2.33. The van der Waals surface area contributed by atoms with Crippen LogP contribution in [-0.4, -0.2) is 88.4 Å². The molecule has 3 N–H and O–H groups in total. The summed E-state index contributed by atoms with van der Waals surface area (Å²) < 4.78 is 0. The van der Waals surface area contributed by atoms with Gasteiger partial charge in [0.05, 0.1) is 19.1 Å². The van der Waals surface area contributed by atoms with E-state index in [1.165, 1.54) is 0 Å². The van der Waals surface area contributed by atoms with Crippen LogP contribution in [0, 0.1) is 41.7 Å². The summed E-state index contributed by atoms with van der Waals surface area (Å²) in [6.45, 7) is -2.61. The van der Waals surface area contributed by atoms with E-state index in [0.717, 1.165) is 9.80 Å². The van der Waals surface area contributed by atoms with Gasteiger partial charge in [-0.05, 0) is 0 Å². The Hall–Kier alpha value is -0.863. The molecular formula is C10H15CeN2O9-. The van der Waals surface area contributed by atoms with Crippen LogP contribution in [0.4, 0.5) is 0 Å². The number of hydrogen-bond acceptors (Lipinski definition) is 9. The van der Waals surface area contributed by atoms with Crippen LogP contribution in [0.1, 0.15) is 0 Å². The van der Waals surface area contributed by atoms with E-state index in [1.54, 1.807) is 0 Å². The van der Waals surface area contributed by atoms with Crippen LogP contribution < -0.4 is 5.11 Å². The van der Waals surface area contributed by atoms with Crippen molar-refractivity contribution < 1.29 is 86.4 Å². The first kappa shape index (κ1) is 23.4. The van der Waals surface area contributed by atoms with Gasteiger partial charge in [0.25, 0.3) is 0 Å². The summed E-state index contributed by atoms with van der Waals surface area (Å²) >= 11 is 0. The van der Waals surface area contributed by atoms with Crippen LogP contribution in [0.25, 0.3) is 0 Å². The molecule has 0 aliphatic rings. The van der Waals surface area contributed by atoms with Crippen LogP contribution in [0.2, 0.25) is 0 Å².